The molecule has 1 atom stereocenters. The van der Waals surface area contributed by atoms with Crippen LogP contribution in [0, 0.1) is 23.4 Å². The molecule has 1 saturated heterocycles. The zero-order valence-corrected chi connectivity index (χ0v) is 15.1. The Bertz CT molecular complexity index is 909. The van der Waals surface area contributed by atoms with Crippen LogP contribution in [0.1, 0.15) is 24.8 Å². The highest BCUT2D eigenvalue weighted by molar-refractivity contribution is 6.00. The van der Waals surface area contributed by atoms with Crippen molar-refractivity contribution in [3.05, 3.63) is 65.5 Å². The summed E-state index contributed by atoms with van der Waals surface area (Å²) in [7, 11) is 0. The van der Waals surface area contributed by atoms with Crippen LogP contribution in [0.5, 0.6) is 0 Å². The van der Waals surface area contributed by atoms with E-state index >= 15 is 0 Å². The number of benzene rings is 2. The average molecular weight is 388 g/mol. The van der Waals surface area contributed by atoms with Crippen LogP contribution in [0.2, 0.25) is 0 Å². The zero-order chi connectivity index (χ0) is 19.8. The molecule has 146 valence electrons. The summed E-state index contributed by atoms with van der Waals surface area (Å²) in [5, 5.41) is 0. The summed E-state index contributed by atoms with van der Waals surface area (Å²) in [5.41, 5.74) is 0.529. The van der Waals surface area contributed by atoms with Crippen molar-refractivity contribution in [2.75, 3.05) is 11.4 Å². The molecule has 1 aliphatic heterocycles. The van der Waals surface area contributed by atoms with Crippen molar-refractivity contribution in [1.29, 1.82) is 0 Å². The summed E-state index contributed by atoms with van der Waals surface area (Å²) in [6.45, 7) is 0.205. The Labute approximate surface area is 160 Å². The van der Waals surface area contributed by atoms with Gasteiger partial charge < -0.3 is 9.80 Å². The Morgan fingerprint density at radius 1 is 1.07 bits per heavy atom. The number of hydrogen-bond donors (Lipinski definition) is 0. The maximum Gasteiger partial charge on any atom is 0.228 e. The van der Waals surface area contributed by atoms with Crippen molar-refractivity contribution in [3.63, 3.8) is 0 Å². The number of rotatable bonds is 5. The second-order valence-corrected chi connectivity index (χ2v) is 7.32. The molecule has 0 N–H and O–H groups in total. The molecule has 2 amide bonds. The minimum Gasteiger partial charge on any atom is -0.335 e. The maximum absolute atomic E-state index is 14.0. The highest BCUT2D eigenvalue weighted by Crippen LogP contribution is 2.33. The highest BCUT2D eigenvalue weighted by Gasteiger charge is 2.41. The summed E-state index contributed by atoms with van der Waals surface area (Å²) in [6, 6.07) is 9.22. The lowest BCUT2D eigenvalue weighted by Gasteiger charge is -2.26. The van der Waals surface area contributed by atoms with Crippen LogP contribution < -0.4 is 4.90 Å². The lowest BCUT2D eigenvalue weighted by atomic mass is 10.1. The van der Waals surface area contributed by atoms with Gasteiger partial charge in [0.1, 0.15) is 17.5 Å². The smallest absolute Gasteiger partial charge is 0.228 e. The number of amides is 2. The van der Waals surface area contributed by atoms with Gasteiger partial charge in [-0.05, 0) is 31.0 Å². The zero-order valence-electron chi connectivity index (χ0n) is 15.1. The van der Waals surface area contributed by atoms with E-state index in [1.165, 1.54) is 11.0 Å². The lowest BCUT2D eigenvalue weighted by molar-refractivity contribution is -0.137. The third-order valence-corrected chi connectivity index (χ3v) is 5.20. The molecule has 0 spiro atoms. The van der Waals surface area contributed by atoms with Gasteiger partial charge in [-0.1, -0.05) is 18.2 Å². The standard InChI is InChI=1S/C21H19F3N2O2/c22-15-8-16(23)10-18(9-15)25-12-14(7-20(25)27)21(28)26(17-5-6-17)11-13-3-1-2-4-19(13)24/h1-4,8-10,14,17H,5-7,11-12H2. The Hall–Kier alpha value is -2.83. The molecule has 1 heterocycles. The van der Waals surface area contributed by atoms with Crippen LogP contribution >= 0.6 is 0 Å². The van der Waals surface area contributed by atoms with Crippen LogP contribution in [0.4, 0.5) is 18.9 Å². The molecule has 1 saturated carbocycles. The first-order valence-corrected chi connectivity index (χ1v) is 9.22. The normalized spacial score (nSPS) is 19.2. The fourth-order valence-electron chi connectivity index (χ4n) is 3.64. The van der Waals surface area contributed by atoms with Crippen LogP contribution in [-0.2, 0) is 16.1 Å². The number of carbonyl (C=O) groups is 2. The van der Waals surface area contributed by atoms with E-state index in [2.05, 4.69) is 0 Å². The van der Waals surface area contributed by atoms with Gasteiger partial charge in [-0.2, -0.15) is 0 Å². The molecule has 0 radical (unpaired) electrons. The third kappa shape index (κ3) is 3.74. The van der Waals surface area contributed by atoms with E-state index < -0.39 is 17.6 Å². The lowest BCUT2D eigenvalue weighted by Crippen LogP contribution is -2.38. The Morgan fingerprint density at radius 2 is 1.75 bits per heavy atom. The van der Waals surface area contributed by atoms with E-state index in [-0.39, 0.29) is 48.9 Å². The minimum absolute atomic E-state index is 0.0303. The molecule has 28 heavy (non-hydrogen) atoms. The van der Waals surface area contributed by atoms with Gasteiger partial charge in [-0.25, -0.2) is 13.2 Å². The van der Waals surface area contributed by atoms with Crippen molar-refractivity contribution >= 4 is 17.5 Å². The molecule has 2 aliphatic rings. The highest BCUT2D eigenvalue weighted by atomic mass is 19.1. The molecule has 1 aliphatic carbocycles. The molecule has 2 aromatic carbocycles. The summed E-state index contributed by atoms with van der Waals surface area (Å²) < 4.78 is 41.0. The van der Waals surface area contributed by atoms with Gasteiger partial charge in [0.05, 0.1) is 5.92 Å². The summed E-state index contributed by atoms with van der Waals surface area (Å²) >= 11 is 0. The molecule has 0 bridgehead atoms. The van der Waals surface area contributed by atoms with Gasteiger partial charge in [0.15, 0.2) is 0 Å². The molecule has 4 rings (SSSR count). The third-order valence-electron chi connectivity index (χ3n) is 5.20. The summed E-state index contributed by atoms with van der Waals surface area (Å²) in [6.07, 6.45) is 1.66. The number of carbonyl (C=O) groups excluding carboxylic acids is 2. The van der Waals surface area contributed by atoms with Gasteiger partial charge in [-0.15, -0.1) is 0 Å². The van der Waals surface area contributed by atoms with Crippen LogP contribution in [0.15, 0.2) is 42.5 Å². The van der Waals surface area contributed by atoms with Crippen LogP contribution in [0.25, 0.3) is 0 Å². The molecule has 4 nitrogen and oxygen atoms in total. The molecule has 2 aromatic rings. The number of hydrogen-bond acceptors (Lipinski definition) is 2. The second-order valence-electron chi connectivity index (χ2n) is 7.32. The summed E-state index contributed by atoms with van der Waals surface area (Å²) in [4.78, 5) is 28.3. The van der Waals surface area contributed by atoms with E-state index in [4.69, 9.17) is 0 Å². The van der Waals surface area contributed by atoms with Gasteiger partial charge in [0.25, 0.3) is 0 Å². The fourth-order valence-corrected chi connectivity index (χ4v) is 3.64. The van der Waals surface area contributed by atoms with Gasteiger partial charge >= 0.3 is 0 Å². The molecule has 0 aromatic heterocycles. The quantitative estimate of drug-likeness (QED) is 0.785. The molecular weight excluding hydrogens is 369 g/mol. The first kappa shape index (κ1) is 18.5. The first-order valence-electron chi connectivity index (χ1n) is 9.22. The largest absolute Gasteiger partial charge is 0.335 e. The molecule has 2 fully saturated rings. The van der Waals surface area contributed by atoms with E-state index in [9.17, 15) is 22.8 Å². The maximum atomic E-state index is 14.0. The Kier molecular flexibility index (Phi) is 4.83. The van der Waals surface area contributed by atoms with Crippen molar-refractivity contribution in [2.24, 2.45) is 5.92 Å². The Morgan fingerprint density at radius 3 is 2.39 bits per heavy atom. The van der Waals surface area contributed by atoms with Gasteiger partial charge in [0.2, 0.25) is 11.8 Å². The number of anilines is 1. The van der Waals surface area contributed by atoms with E-state index in [1.807, 2.05) is 0 Å². The van der Waals surface area contributed by atoms with Crippen LogP contribution in [-0.4, -0.2) is 29.3 Å². The van der Waals surface area contributed by atoms with Gasteiger partial charge in [-0.3, -0.25) is 9.59 Å². The van der Waals surface area contributed by atoms with Crippen LogP contribution in [0.3, 0.4) is 0 Å². The monoisotopic (exact) mass is 388 g/mol. The topological polar surface area (TPSA) is 40.6 Å². The second kappa shape index (κ2) is 7.30. The minimum atomic E-state index is -0.781. The average Bonchev–Trinajstić information content (AvgIpc) is 3.41. The van der Waals surface area contributed by atoms with E-state index in [1.54, 1.807) is 23.1 Å². The number of halogens is 3. The predicted molar refractivity (Wildman–Crippen MR) is 96.8 cm³/mol. The number of nitrogens with zero attached hydrogens (tertiary/aromatic N) is 2. The SMILES string of the molecule is O=C1CC(C(=O)N(Cc2ccccc2F)C2CC2)CN1c1cc(F)cc(F)c1. The van der Waals surface area contributed by atoms with Crippen molar-refractivity contribution in [3.8, 4) is 0 Å². The van der Waals surface area contributed by atoms with Gasteiger partial charge in [0, 0.05) is 42.9 Å². The predicted octanol–water partition coefficient (Wildman–Crippen LogP) is 3.65. The molecule has 1 unspecified atom stereocenters. The molecular formula is C21H19F3N2O2. The first-order chi connectivity index (χ1) is 13.4. The fraction of sp³-hybridized carbons (Fsp3) is 0.333. The van der Waals surface area contributed by atoms with E-state index in [0.29, 0.717) is 5.56 Å². The Balaban J connectivity index is 1.52. The van der Waals surface area contributed by atoms with Crippen molar-refractivity contribution in [1.82, 2.24) is 4.90 Å². The van der Waals surface area contributed by atoms with E-state index in [0.717, 1.165) is 31.0 Å². The summed E-state index contributed by atoms with van der Waals surface area (Å²) in [5.74, 6) is -3.14. The molecule has 7 heteroatoms. The van der Waals surface area contributed by atoms with Crippen molar-refractivity contribution < 1.29 is 22.8 Å². The van der Waals surface area contributed by atoms with Crippen molar-refractivity contribution in [2.45, 2.75) is 31.8 Å².